The lowest BCUT2D eigenvalue weighted by molar-refractivity contribution is 0.0953. The zero-order chi connectivity index (χ0) is 32.9. The van der Waals surface area contributed by atoms with E-state index in [0.717, 1.165) is 6.42 Å². The van der Waals surface area contributed by atoms with Crippen molar-refractivity contribution in [3.05, 3.63) is 77.3 Å². The van der Waals surface area contributed by atoms with E-state index in [9.17, 15) is 24.0 Å². The van der Waals surface area contributed by atoms with E-state index >= 15 is 0 Å². The number of H-pyrrole nitrogens is 2. The molecule has 3 aromatic carbocycles. The van der Waals surface area contributed by atoms with Gasteiger partial charge in [-0.2, -0.15) is 0 Å². The largest absolute Gasteiger partial charge is 0.352 e. The maximum absolute atomic E-state index is 14.3. The molecule has 46 heavy (non-hydrogen) atoms. The predicted octanol–water partition coefficient (Wildman–Crippen LogP) is 2.63. The molecule has 0 bridgehead atoms. The lowest BCUT2D eigenvalue weighted by Crippen LogP contribution is -2.36. The van der Waals surface area contributed by atoms with Crippen molar-refractivity contribution in [1.82, 2.24) is 34.2 Å². The van der Waals surface area contributed by atoms with E-state index in [2.05, 4.69) is 15.3 Å². The topological polar surface area (TPSA) is 145 Å². The van der Waals surface area contributed by atoms with Crippen LogP contribution in [0.4, 0.5) is 0 Å². The van der Waals surface area contributed by atoms with Crippen LogP contribution in [0.2, 0.25) is 0 Å². The number of nitrogens with zero attached hydrogens (tertiary/aromatic N) is 4. The third-order valence-electron chi connectivity index (χ3n) is 8.64. The average Bonchev–Trinajstić information content (AvgIpc) is 3.02. The molecule has 0 fully saturated rings. The Kier molecular flexibility index (Phi) is 8.26. The molecule has 240 valence electrons. The molecule has 1 amide bonds. The second-order valence-corrected chi connectivity index (χ2v) is 12.5. The van der Waals surface area contributed by atoms with Crippen molar-refractivity contribution >= 4 is 60.3 Å². The van der Waals surface area contributed by atoms with Crippen molar-refractivity contribution < 1.29 is 4.79 Å². The van der Waals surface area contributed by atoms with Gasteiger partial charge < -0.3 is 25.1 Å². The Morgan fingerprint density at radius 3 is 1.67 bits per heavy atom. The molecule has 0 saturated heterocycles. The molecule has 3 aromatic heterocycles. The van der Waals surface area contributed by atoms with Gasteiger partial charge in [0.05, 0.1) is 32.8 Å². The van der Waals surface area contributed by atoms with Crippen LogP contribution in [-0.2, 0) is 13.1 Å². The van der Waals surface area contributed by atoms with Crippen molar-refractivity contribution in [2.24, 2.45) is 0 Å². The summed E-state index contributed by atoms with van der Waals surface area (Å²) in [5, 5.41) is 4.49. The van der Waals surface area contributed by atoms with Crippen LogP contribution in [0.3, 0.4) is 0 Å². The number of aromatic amines is 2. The highest BCUT2D eigenvalue weighted by Gasteiger charge is 2.25. The fourth-order valence-electron chi connectivity index (χ4n) is 6.41. The van der Waals surface area contributed by atoms with Gasteiger partial charge in [-0.3, -0.25) is 33.1 Å². The zero-order valence-corrected chi connectivity index (χ0v) is 26.9. The molecule has 3 heterocycles. The van der Waals surface area contributed by atoms with Crippen LogP contribution in [0, 0.1) is 0 Å². The zero-order valence-electron chi connectivity index (χ0n) is 26.9. The highest BCUT2D eigenvalue weighted by atomic mass is 16.2. The first kappa shape index (κ1) is 31.2. The Hall–Kier alpha value is -4.81. The molecule has 6 rings (SSSR count). The molecule has 0 aliphatic carbocycles. The van der Waals surface area contributed by atoms with Gasteiger partial charge in [-0.1, -0.05) is 6.92 Å². The van der Waals surface area contributed by atoms with Crippen molar-refractivity contribution in [2.45, 2.75) is 39.3 Å². The lowest BCUT2D eigenvalue weighted by atomic mass is 9.94. The minimum atomic E-state index is -0.501. The minimum absolute atomic E-state index is 0.207. The molecule has 12 heteroatoms. The van der Waals surface area contributed by atoms with E-state index in [-0.39, 0.29) is 40.5 Å². The smallest absolute Gasteiger partial charge is 0.263 e. The summed E-state index contributed by atoms with van der Waals surface area (Å²) < 4.78 is 2.50. The van der Waals surface area contributed by atoms with Crippen LogP contribution in [0.5, 0.6) is 0 Å². The monoisotopic (exact) mass is 625 g/mol. The molecule has 0 aliphatic heterocycles. The average molecular weight is 626 g/mol. The lowest BCUT2D eigenvalue weighted by Gasteiger charge is -2.18. The summed E-state index contributed by atoms with van der Waals surface area (Å²) in [5.74, 6) is -0.227. The van der Waals surface area contributed by atoms with E-state index in [1.807, 2.05) is 44.9 Å². The summed E-state index contributed by atoms with van der Waals surface area (Å²) in [5.41, 5.74) is 0.388. The summed E-state index contributed by atoms with van der Waals surface area (Å²) in [7, 11) is 7.71. The first-order chi connectivity index (χ1) is 22.0. The van der Waals surface area contributed by atoms with Gasteiger partial charge in [0.15, 0.2) is 0 Å². The number of hydrogen-bond donors (Lipinski definition) is 3. The molecule has 3 N–H and O–H groups in total. The summed E-state index contributed by atoms with van der Waals surface area (Å²) in [6.07, 6.45) is 1.95. The molecule has 0 unspecified atom stereocenters. The van der Waals surface area contributed by atoms with Gasteiger partial charge in [-0.15, -0.1) is 0 Å². The second-order valence-electron chi connectivity index (χ2n) is 12.5. The van der Waals surface area contributed by atoms with E-state index in [1.54, 1.807) is 30.3 Å². The standard InChI is InChI=1S/C34H39N7O5/c1-6-13-35-30(42)19-9-12-22-23(18-19)37-29-27-25-21(32(44)41(34(27)46)17-8-15-39(4)5)11-10-20-24(25)26(28(29)36-22)33(45)40(31(20)43)16-7-14-38(2)3/h9-12,18,36-37H,6-8,13-17H2,1-5H3,(H,35,42). The van der Waals surface area contributed by atoms with Crippen LogP contribution in [0.1, 0.15) is 36.5 Å². The number of carbonyl (C=O) groups is 1. The van der Waals surface area contributed by atoms with Gasteiger partial charge in [-0.05, 0) is 90.9 Å². The van der Waals surface area contributed by atoms with Crippen molar-refractivity contribution in [3.8, 4) is 0 Å². The van der Waals surface area contributed by atoms with Crippen LogP contribution in [0.15, 0.2) is 49.5 Å². The van der Waals surface area contributed by atoms with E-state index in [1.165, 1.54) is 9.13 Å². The number of nitrogens with one attached hydrogen (secondary N) is 3. The number of rotatable bonds is 11. The molecule has 12 nitrogen and oxygen atoms in total. The number of carbonyl (C=O) groups excluding carboxylic acids is 1. The third-order valence-corrected chi connectivity index (χ3v) is 8.64. The van der Waals surface area contributed by atoms with Crippen molar-refractivity contribution in [2.75, 3.05) is 47.8 Å². The van der Waals surface area contributed by atoms with Crippen LogP contribution in [0.25, 0.3) is 54.4 Å². The molecule has 0 spiro atoms. The molecular formula is C34H39N7O5. The number of amides is 1. The summed E-state index contributed by atoms with van der Waals surface area (Å²) in [4.78, 5) is 79.7. The summed E-state index contributed by atoms with van der Waals surface area (Å²) in [6.45, 7) is 4.29. The Morgan fingerprint density at radius 2 is 1.20 bits per heavy atom. The predicted molar refractivity (Wildman–Crippen MR) is 184 cm³/mol. The van der Waals surface area contributed by atoms with Gasteiger partial charge >= 0.3 is 0 Å². The number of fused-ring (bicyclic) bond motifs is 4. The molecular weight excluding hydrogens is 586 g/mol. The number of hydrogen-bond acceptors (Lipinski definition) is 7. The van der Waals surface area contributed by atoms with Crippen molar-refractivity contribution in [1.29, 1.82) is 0 Å². The van der Waals surface area contributed by atoms with Gasteiger partial charge in [0.25, 0.3) is 28.1 Å². The Bertz CT molecular complexity index is 2380. The van der Waals surface area contributed by atoms with E-state index in [0.29, 0.717) is 70.9 Å². The number of aromatic nitrogens is 4. The SMILES string of the molecule is CCCNC(=O)c1ccc2[nH]c3c([nH]c2c1)c1c(=O)n(CCCN(C)C)c(=O)c2ccc4c(=O)n(CCCN(C)C)c(=O)c3c4c21. The van der Waals surface area contributed by atoms with Gasteiger partial charge in [-0.25, -0.2) is 0 Å². The van der Waals surface area contributed by atoms with Crippen LogP contribution < -0.4 is 27.6 Å². The molecule has 0 atom stereocenters. The number of pyridine rings is 2. The highest BCUT2D eigenvalue weighted by molar-refractivity contribution is 6.32. The van der Waals surface area contributed by atoms with Crippen LogP contribution >= 0.6 is 0 Å². The normalized spacial score (nSPS) is 12.2. The Morgan fingerprint density at radius 1 is 0.696 bits per heavy atom. The quantitative estimate of drug-likeness (QED) is 0.148. The fraction of sp³-hybridized carbons (Fsp3) is 0.382. The first-order valence-corrected chi connectivity index (χ1v) is 15.7. The molecule has 0 radical (unpaired) electrons. The maximum atomic E-state index is 14.3. The fourth-order valence-corrected chi connectivity index (χ4v) is 6.41. The number of benzene rings is 3. The highest BCUT2D eigenvalue weighted by Crippen LogP contribution is 2.35. The first-order valence-electron chi connectivity index (χ1n) is 15.7. The van der Waals surface area contributed by atoms with Gasteiger partial charge in [0.2, 0.25) is 0 Å². The van der Waals surface area contributed by atoms with E-state index < -0.39 is 22.2 Å². The summed E-state index contributed by atoms with van der Waals surface area (Å²) >= 11 is 0. The molecule has 6 aromatic rings. The molecule has 0 saturated carbocycles. The third kappa shape index (κ3) is 5.17. The Balaban J connectivity index is 1.75. The minimum Gasteiger partial charge on any atom is -0.352 e. The van der Waals surface area contributed by atoms with Crippen LogP contribution in [-0.4, -0.2) is 82.6 Å². The van der Waals surface area contributed by atoms with Gasteiger partial charge in [0, 0.05) is 46.7 Å². The maximum Gasteiger partial charge on any atom is 0.263 e. The van der Waals surface area contributed by atoms with Gasteiger partial charge in [0.1, 0.15) is 0 Å². The van der Waals surface area contributed by atoms with Crippen molar-refractivity contribution in [3.63, 3.8) is 0 Å². The summed E-state index contributed by atoms with van der Waals surface area (Å²) in [6, 6.07) is 8.33. The van der Waals surface area contributed by atoms with E-state index in [4.69, 9.17) is 0 Å². The second kappa shape index (κ2) is 12.2. The molecule has 0 aliphatic rings. The Labute approximate surface area is 263 Å².